The lowest BCUT2D eigenvalue weighted by atomic mass is 10.3. The van der Waals surface area contributed by atoms with Crippen molar-refractivity contribution in [2.45, 2.75) is 0 Å². The number of aliphatic imine (C=N–C) groups is 1. The van der Waals surface area contributed by atoms with E-state index in [0.717, 1.165) is 0 Å². The van der Waals surface area contributed by atoms with Crippen LogP contribution in [0.25, 0.3) is 0 Å². The minimum Gasteiger partial charge on any atom is -0.472 e. The van der Waals surface area contributed by atoms with Gasteiger partial charge in [-0.2, -0.15) is 0 Å². The first-order valence-corrected chi connectivity index (χ1v) is 4.01. The van der Waals surface area contributed by atoms with Crippen LogP contribution in [0.3, 0.4) is 0 Å². The fourth-order valence-electron chi connectivity index (χ4n) is 0.663. The van der Waals surface area contributed by atoms with E-state index in [-0.39, 0.29) is 5.36 Å². The van der Waals surface area contributed by atoms with E-state index in [1.165, 1.54) is 7.11 Å². The predicted octanol–water partition coefficient (Wildman–Crippen LogP) is 3.21. The number of methoxy groups -OCH3 is 1. The molecule has 0 aromatic heterocycles. The molecule has 1 aromatic carbocycles. The summed E-state index contributed by atoms with van der Waals surface area (Å²) < 4.78 is 4.67. The molecule has 0 aliphatic carbocycles. The summed E-state index contributed by atoms with van der Waals surface area (Å²) in [6, 6.07) is 6.98. The Morgan fingerprint density at radius 1 is 1.33 bits per heavy atom. The fourth-order valence-corrected chi connectivity index (χ4v) is 0.886. The van der Waals surface area contributed by atoms with Crippen molar-refractivity contribution in [2.75, 3.05) is 7.11 Å². The number of rotatable bonds is 1. The molecule has 0 unspecified atom stereocenters. The molecule has 0 fully saturated rings. The first-order chi connectivity index (χ1) is 5.72. The molecular weight excluding hydrogens is 197 g/mol. The van der Waals surface area contributed by atoms with E-state index in [4.69, 9.17) is 23.2 Å². The normalized spacial score (nSPS) is 11.4. The SMILES string of the molecule is COC(Cl)=Nc1ccc(Cl)cc1. The van der Waals surface area contributed by atoms with Gasteiger partial charge in [-0.25, -0.2) is 4.99 Å². The zero-order chi connectivity index (χ0) is 8.97. The van der Waals surface area contributed by atoms with Crippen LogP contribution >= 0.6 is 23.2 Å². The molecule has 12 heavy (non-hydrogen) atoms. The average molecular weight is 204 g/mol. The van der Waals surface area contributed by atoms with Crippen molar-refractivity contribution in [3.63, 3.8) is 0 Å². The van der Waals surface area contributed by atoms with Gasteiger partial charge in [-0.3, -0.25) is 0 Å². The number of hydrogen-bond donors (Lipinski definition) is 0. The van der Waals surface area contributed by atoms with E-state index in [2.05, 4.69) is 9.73 Å². The number of benzene rings is 1. The Morgan fingerprint density at radius 3 is 2.42 bits per heavy atom. The Morgan fingerprint density at radius 2 is 1.92 bits per heavy atom. The third-order valence-electron chi connectivity index (χ3n) is 1.21. The van der Waals surface area contributed by atoms with E-state index in [1.54, 1.807) is 24.3 Å². The topological polar surface area (TPSA) is 21.6 Å². The third kappa shape index (κ3) is 2.72. The van der Waals surface area contributed by atoms with Crippen molar-refractivity contribution in [3.05, 3.63) is 29.3 Å². The summed E-state index contributed by atoms with van der Waals surface area (Å²) in [6.07, 6.45) is 0. The maximum absolute atomic E-state index is 5.67. The van der Waals surface area contributed by atoms with Crippen LogP contribution < -0.4 is 0 Å². The zero-order valence-electron chi connectivity index (χ0n) is 6.42. The Balaban J connectivity index is 2.84. The molecule has 0 atom stereocenters. The van der Waals surface area contributed by atoms with E-state index < -0.39 is 0 Å². The van der Waals surface area contributed by atoms with Crippen molar-refractivity contribution in [3.8, 4) is 0 Å². The molecule has 0 saturated heterocycles. The Bertz CT molecular complexity index is 282. The molecule has 0 aliphatic rings. The highest BCUT2D eigenvalue weighted by Crippen LogP contribution is 2.16. The molecule has 2 nitrogen and oxygen atoms in total. The van der Waals surface area contributed by atoms with Gasteiger partial charge in [0.05, 0.1) is 12.8 Å². The summed E-state index contributed by atoms with van der Waals surface area (Å²) in [5.41, 5.74) is 0.714. The Kier molecular flexibility index (Phi) is 3.38. The predicted molar refractivity (Wildman–Crippen MR) is 51.4 cm³/mol. The van der Waals surface area contributed by atoms with Gasteiger partial charge in [0.15, 0.2) is 0 Å². The average Bonchev–Trinajstić information content (AvgIpc) is 2.09. The van der Waals surface area contributed by atoms with Gasteiger partial charge in [0.1, 0.15) is 0 Å². The quantitative estimate of drug-likeness (QED) is 0.508. The van der Waals surface area contributed by atoms with Crippen LogP contribution in [0.4, 0.5) is 5.69 Å². The minimum atomic E-state index is 0.109. The zero-order valence-corrected chi connectivity index (χ0v) is 7.93. The van der Waals surface area contributed by atoms with Gasteiger partial charge in [0.2, 0.25) is 0 Å². The van der Waals surface area contributed by atoms with Gasteiger partial charge >= 0.3 is 0 Å². The minimum absolute atomic E-state index is 0.109. The second-order valence-corrected chi connectivity index (χ2v) is 2.81. The molecule has 1 rings (SSSR count). The standard InChI is InChI=1S/C8H7Cl2NO/c1-12-8(10)11-7-4-2-6(9)3-5-7/h2-5H,1H3. The molecule has 0 N–H and O–H groups in total. The summed E-state index contributed by atoms with van der Waals surface area (Å²) in [7, 11) is 1.46. The molecular formula is C8H7Cl2NO. The van der Waals surface area contributed by atoms with Crippen molar-refractivity contribution in [1.82, 2.24) is 0 Å². The summed E-state index contributed by atoms with van der Waals surface area (Å²) in [4.78, 5) is 3.92. The van der Waals surface area contributed by atoms with Crippen molar-refractivity contribution in [2.24, 2.45) is 4.99 Å². The van der Waals surface area contributed by atoms with Gasteiger partial charge in [0, 0.05) is 5.02 Å². The molecule has 64 valence electrons. The number of halogens is 2. The molecule has 0 saturated carbocycles. The second-order valence-electron chi connectivity index (χ2n) is 2.05. The van der Waals surface area contributed by atoms with Crippen molar-refractivity contribution >= 4 is 34.2 Å². The lowest BCUT2D eigenvalue weighted by molar-refractivity contribution is 0.415. The number of nitrogens with zero attached hydrogens (tertiary/aromatic N) is 1. The summed E-state index contributed by atoms with van der Waals surface area (Å²) >= 11 is 11.2. The maximum Gasteiger partial charge on any atom is 0.287 e. The van der Waals surface area contributed by atoms with Gasteiger partial charge in [0.25, 0.3) is 5.36 Å². The van der Waals surface area contributed by atoms with Crippen LogP contribution in [0.2, 0.25) is 5.02 Å². The van der Waals surface area contributed by atoms with Crippen LogP contribution in [0.1, 0.15) is 0 Å². The lowest BCUT2D eigenvalue weighted by Crippen LogP contribution is -1.87. The highest BCUT2D eigenvalue weighted by Gasteiger charge is 1.92. The van der Waals surface area contributed by atoms with Crippen LogP contribution in [-0.2, 0) is 4.74 Å². The Hall–Kier alpha value is -0.730. The van der Waals surface area contributed by atoms with Crippen LogP contribution in [0.15, 0.2) is 29.3 Å². The van der Waals surface area contributed by atoms with E-state index in [0.29, 0.717) is 10.7 Å². The van der Waals surface area contributed by atoms with Gasteiger partial charge < -0.3 is 4.74 Å². The largest absolute Gasteiger partial charge is 0.472 e. The maximum atomic E-state index is 5.67. The van der Waals surface area contributed by atoms with Crippen LogP contribution in [0, 0.1) is 0 Å². The molecule has 4 heteroatoms. The summed E-state index contributed by atoms with van der Waals surface area (Å²) in [6.45, 7) is 0. The number of hydrogen-bond acceptors (Lipinski definition) is 2. The van der Waals surface area contributed by atoms with Gasteiger partial charge in [-0.05, 0) is 35.9 Å². The highest BCUT2D eigenvalue weighted by molar-refractivity contribution is 6.63. The van der Waals surface area contributed by atoms with E-state index in [9.17, 15) is 0 Å². The second kappa shape index (κ2) is 4.33. The van der Waals surface area contributed by atoms with Crippen LogP contribution in [0.5, 0.6) is 0 Å². The van der Waals surface area contributed by atoms with Gasteiger partial charge in [-0.1, -0.05) is 11.6 Å². The first kappa shape index (κ1) is 9.36. The molecule has 0 bridgehead atoms. The molecule has 0 radical (unpaired) electrons. The fraction of sp³-hybridized carbons (Fsp3) is 0.125. The summed E-state index contributed by atoms with van der Waals surface area (Å²) in [5, 5.41) is 0.778. The van der Waals surface area contributed by atoms with E-state index in [1.807, 2.05) is 0 Å². The van der Waals surface area contributed by atoms with Crippen molar-refractivity contribution < 1.29 is 4.74 Å². The van der Waals surface area contributed by atoms with Crippen molar-refractivity contribution in [1.29, 1.82) is 0 Å². The third-order valence-corrected chi connectivity index (χ3v) is 1.70. The highest BCUT2D eigenvalue weighted by atomic mass is 35.5. The molecule has 1 aromatic rings. The number of ether oxygens (including phenoxy) is 1. The molecule has 0 amide bonds. The van der Waals surface area contributed by atoms with E-state index >= 15 is 0 Å². The Labute approximate surface area is 80.8 Å². The molecule has 0 spiro atoms. The monoisotopic (exact) mass is 203 g/mol. The first-order valence-electron chi connectivity index (χ1n) is 3.26. The molecule has 0 heterocycles. The lowest BCUT2D eigenvalue weighted by Gasteiger charge is -1.95. The summed E-state index contributed by atoms with van der Waals surface area (Å²) in [5.74, 6) is 0. The smallest absolute Gasteiger partial charge is 0.287 e. The molecule has 0 aliphatic heterocycles. The van der Waals surface area contributed by atoms with Crippen LogP contribution in [-0.4, -0.2) is 12.5 Å². The van der Waals surface area contributed by atoms with Gasteiger partial charge in [-0.15, -0.1) is 0 Å².